The van der Waals surface area contributed by atoms with Crippen molar-refractivity contribution in [1.82, 2.24) is 20.1 Å². The number of carbonyl (C=O) groups is 1. The Balaban J connectivity index is 2.35. The summed E-state index contributed by atoms with van der Waals surface area (Å²) in [7, 11) is 0. The number of aromatic carboxylic acids is 1. The van der Waals surface area contributed by atoms with Gasteiger partial charge in [0.15, 0.2) is 11.5 Å². The van der Waals surface area contributed by atoms with Gasteiger partial charge in [-0.1, -0.05) is 5.16 Å². The van der Waals surface area contributed by atoms with Gasteiger partial charge in [0.25, 0.3) is 5.89 Å². The topological polar surface area (TPSA) is 105 Å². The van der Waals surface area contributed by atoms with Crippen LogP contribution >= 0.6 is 11.8 Å². The Kier molecular flexibility index (Phi) is 2.91. The SMILES string of the molecule is CSCc1noc(-c2[nH]cnc2C(=O)O)n1. The maximum Gasteiger partial charge on any atom is 0.356 e. The zero-order chi connectivity index (χ0) is 11.5. The normalized spacial score (nSPS) is 10.6. The molecular formula is C8H8N4O3S. The highest BCUT2D eigenvalue weighted by atomic mass is 32.2. The Morgan fingerprint density at radius 2 is 2.50 bits per heavy atom. The zero-order valence-corrected chi connectivity index (χ0v) is 9.11. The fourth-order valence-corrected chi connectivity index (χ4v) is 1.54. The Morgan fingerprint density at radius 3 is 3.19 bits per heavy atom. The molecule has 0 spiro atoms. The molecule has 0 saturated heterocycles. The number of H-pyrrole nitrogens is 1. The van der Waals surface area contributed by atoms with Crippen LogP contribution in [0.3, 0.4) is 0 Å². The summed E-state index contributed by atoms with van der Waals surface area (Å²) in [6.45, 7) is 0. The van der Waals surface area contributed by atoms with Gasteiger partial charge in [-0.3, -0.25) is 0 Å². The largest absolute Gasteiger partial charge is 0.476 e. The fourth-order valence-electron chi connectivity index (χ4n) is 1.16. The molecule has 0 aliphatic rings. The first kappa shape index (κ1) is 10.7. The maximum atomic E-state index is 10.8. The van der Waals surface area contributed by atoms with Crippen LogP contribution in [0.4, 0.5) is 0 Å². The van der Waals surface area contributed by atoms with E-state index in [-0.39, 0.29) is 17.3 Å². The van der Waals surface area contributed by atoms with Crippen molar-refractivity contribution in [2.75, 3.05) is 6.26 Å². The van der Waals surface area contributed by atoms with E-state index in [1.165, 1.54) is 6.33 Å². The first-order valence-electron chi connectivity index (χ1n) is 4.31. The van der Waals surface area contributed by atoms with Gasteiger partial charge >= 0.3 is 5.97 Å². The van der Waals surface area contributed by atoms with Crippen molar-refractivity contribution in [2.24, 2.45) is 0 Å². The summed E-state index contributed by atoms with van der Waals surface area (Å²) < 4.78 is 4.94. The highest BCUT2D eigenvalue weighted by molar-refractivity contribution is 7.97. The fraction of sp³-hybridized carbons (Fsp3) is 0.250. The minimum absolute atomic E-state index is 0.126. The number of thioether (sulfide) groups is 1. The molecule has 0 saturated carbocycles. The molecule has 0 aliphatic heterocycles. The maximum absolute atomic E-state index is 10.8. The predicted molar refractivity (Wildman–Crippen MR) is 56.1 cm³/mol. The summed E-state index contributed by atoms with van der Waals surface area (Å²) >= 11 is 1.55. The van der Waals surface area contributed by atoms with Gasteiger partial charge in [0.2, 0.25) is 0 Å². The number of rotatable bonds is 4. The van der Waals surface area contributed by atoms with Crippen LogP contribution in [0.2, 0.25) is 0 Å². The molecule has 0 unspecified atom stereocenters. The minimum atomic E-state index is -1.14. The Hall–Kier alpha value is -1.83. The summed E-state index contributed by atoms with van der Waals surface area (Å²) in [5, 5.41) is 12.6. The molecule has 2 aromatic heterocycles. The van der Waals surface area contributed by atoms with E-state index in [9.17, 15) is 4.79 Å². The monoisotopic (exact) mass is 240 g/mol. The van der Waals surface area contributed by atoms with E-state index in [2.05, 4.69) is 20.1 Å². The lowest BCUT2D eigenvalue weighted by Gasteiger charge is -1.90. The van der Waals surface area contributed by atoms with Crippen molar-refractivity contribution in [3.05, 3.63) is 17.8 Å². The molecule has 0 aromatic carbocycles. The van der Waals surface area contributed by atoms with E-state index in [1.807, 2.05) is 6.26 Å². The molecule has 16 heavy (non-hydrogen) atoms. The number of aromatic amines is 1. The predicted octanol–water partition coefficient (Wildman–Crippen LogP) is 1.02. The van der Waals surface area contributed by atoms with E-state index < -0.39 is 5.97 Å². The number of carboxylic acid groups (broad SMARTS) is 1. The van der Waals surface area contributed by atoms with Crippen LogP contribution < -0.4 is 0 Å². The molecule has 0 radical (unpaired) electrons. The molecule has 0 amide bonds. The number of nitrogens with zero attached hydrogens (tertiary/aromatic N) is 3. The molecule has 0 fully saturated rings. The van der Waals surface area contributed by atoms with Crippen LogP contribution in [0.25, 0.3) is 11.6 Å². The summed E-state index contributed by atoms with van der Waals surface area (Å²) in [5.74, 6) is 0.133. The standard InChI is InChI=1S/C8H8N4O3S/c1-16-2-4-11-7(15-12-4)5-6(8(13)14)10-3-9-5/h3H,2H2,1H3,(H,9,10)(H,13,14). The van der Waals surface area contributed by atoms with Crippen LogP contribution in [0.5, 0.6) is 0 Å². The van der Waals surface area contributed by atoms with Crippen molar-refractivity contribution < 1.29 is 14.4 Å². The molecule has 2 N–H and O–H groups in total. The lowest BCUT2D eigenvalue weighted by molar-refractivity contribution is 0.0691. The molecule has 8 heteroatoms. The highest BCUT2D eigenvalue weighted by Gasteiger charge is 2.19. The second kappa shape index (κ2) is 4.35. The third-order valence-corrected chi connectivity index (χ3v) is 2.34. The summed E-state index contributed by atoms with van der Waals surface area (Å²) in [5.41, 5.74) is 0.103. The molecule has 0 aliphatic carbocycles. The Bertz CT molecular complexity index is 507. The molecule has 7 nitrogen and oxygen atoms in total. The van der Waals surface area contributed by atoms with Crippen LogP contribution in [-0.4, -0.2) is 37.4 Å². The van der Waals surface area contributed by atoms with Gasteiger partial charge in [-0.15, -0.1) is 0 Å². The molecule has 0 atom stereocenters. The van der Waals surface area contributed by atoms with Gasteiger partial charge in [-0.2, -0.15) is 16.7 Å². The van der Waals surface area contributed by atoms with E-state index in [0.29, 0.717) is 11.6 Å². The van der Waals surface area contributed by atoms with Crippen molar-refractivity contribution in [3.8, 4) is 11.6 Å². The molecule has 2 heterocycles. The number of nitrogens with one attached hydrogen (secondary N) is 1. The van der Waals surface area contributed by atoms with Crippen molar-refractivity contribution in [3.63, 3.8) is 0 Å². The molecule has 0 bridgehead atoms. The number of aromatic nitrogens is 4. The summed E-state index contributed by atoms with van der Waals surface area (Å²) in [4.78, 5) is 21.2. The highest BCUT2D eigenvalue weighted by Crippen LogP contribution is 2.19. The Morgan fingerprint density at radius 1 is 1.69 bits per heavy atom. The number of carboxylic acids is 1. The lowest BCUT2D eigenvalue weighted by Crippen LogP contribution is -1.99. The second-order valence-electron chi connectivity index (χ2n) is 2.88. The number of hydrogen-bond donors (Lipinski definition) is 2. The second-order valence-corrected chi connectivity index (χ2v) is 3.75. The van der Waals surface area contributed by atoms with Crippen LogP contribution in [-0.2, 0) is 5.75 Å². The van der Waals surface area contributed by atoms with Crippen molar-refractivity contribution in [1.29, 1.82) is 0 Å². The first-order chi connectivity index (χ1) is 7.72. The average Bonchev–Trinajstić information content (AvgIpc) is 2.83. The third-order valence-electron chi connectivity index (χ3n) is 1.80. The van der Waals surface area contributed by atoms with Gasteiger partial charge in [-0.05, 0) is 6.26 Å². The van der Waals surface area contributed by atoms with E-state index in [4.69, 9.17) is 9.63 Å². The summed E-state index contributed by atoms with van der Waals surface area (Å²) in [6, 6.07) is 0. The quantitative estimate of drug-likeness (QED) is 0.821. The smallest absolute Gasteiger partial charge is 0.356 e. The number of imidazole rings is 1. The third kappa shape index (κ3) is 1.91. The first-order valence-corrected chi connectivity index (χ1v) is 5.70. The molecular weight excluding hydrogens is 232 g/mol. The van der Waals surface area contributed by atoms with Gasteiger partial charge in [0.1, 0.15) is 5.69 Å². The molecule has 2 aromatic rings. The zero-order valence-electron chi connectivity index (χ0n) is 8.30. The lowest BCUT2D eigenvalue weighted by atomic mass is 10.3. The minimum Gasteiger partial charge on any atom is -0.476 e. The van der Waals surface area contributed by atoms with Gasteiger partial charge in [0.05, 0.1) is 12.1 Å². The molecule has 2 rings (SSSR count). The van der Waals surface area contributed by atoms with Crippen LogP contribution in [0.15, 0.2) is 10.9 Å². The molecule has 84 valence electrons. The Labute approximate surface area is 94.3 Å². The van der Waals surface area contributed by atoms with E-state index in [1.54, 1.807) is 11.8 Å². The number of hydrogen-bond acceptors (Lipinski definition) is 6. The van der Waals surface area contributed by atoms with Crippen molar-refractivity contribution in [2.45, 2.75) is 5.75 Å². The van der Waals surface area contributed by atoms with E-state index in [0.717, 1.165) is 0 Å². The van der Waals surface area contributed by atoms with Crippen LogP contribution in [0, 0.1) is 0 Å². The average molecular weight is 240 g/mol. The van der Waals surface area contributed by atoms with Gasteiger partial charge in [-0.25, -0.2) is 9.78 Å². The van der Waals surface area contributed by atoms with E-state index >= 15 is 0 Å². The van der Waals surface area contributed by atoms with Crippen LogP contribution in [0.1, 0.15) is 16.3 Å². The summed E-state index contributed by atoms with van der Waals surface area (Å²) in [6.07, 6.45) is 3.19. The van der Waals surface area contributed by atoms with Gasteiger partial charge in [0, 0.05) is 0 Å². The van der Waals surface area contributed by atoms with Crippen molar-refractivity contribution >= 4 is 17.7 Å². The van der Waals surface area contributed by atoms with Gasteiger partial charge < -0.3 is 14.6 Å².